The van der Waals surface area contributed by atoms with E-state index in [1.807, 2.05) is 37.3 Å². The lowest BCUT2D eigenvalue weighted by atomic mass is 10.0. The molecule has 1 aromatic carbocycles. The minimum Gasteiger partial charge on any atom is -0.267 e. The topological polar surface area (TPSA) is 54.4 Å². The number of hydrogen-bond donors (Lipinski definition) is 1. The number of nitrogens with zero attached hydrogens (tertiary/aromatic N) is 2. The van der Waals surface area contributed by atoms with Crippen LogP contribution in [0.1, 0.15) is 28.8 Å². The third kappa shape index (κ3) is 3.74. The summed E-state index contributed by atoms with van der Waals surface area (Å²) in [6, 6.07) is 13.3. The maximum atomic E-state index is 11.7. The zero-order valence-electron chi connectivity index (χ0n) is 10.7. The predicted octanol–water partition coefficient (Wildman–Crippen LogP) is 2.60. The number of pyridine rings is 1. The van der Waals surface area contributed by atoms with Gasteiger partial charge in [0.25, 0.3) is 5.91 Å². The number of benzene rings is 1. The first kappa shape index (κ1) is 13.0. The molecule has 0 aliphatic rings. The summed E-state index contributed by atoms with van der Waals surface area (Å²) in [6.07, 6.45) is 4.87. The maximum Gasteiger partial charge on any atom is 0.271 e. The van der Waals surface area contributed by atoms with E-state index < -0.39 is 0 Å². The molecule has 19 heavy (non-hydrogen) atoms. The fraction of sp³-hybridized carbons (Fsp3) is 0.133. The van der Waals surface area contributed by atoms with Crippen LogP contribution in [0.15, 0.2) is 60.0 Å². The first-order valence-electron chi connectivity index (χ1n) is 6.06. The van der Waals surface area contributed by atoms with Crippen LogP contribution in [0.3, 0.4) is 0 Å². The number of nitrogens with one attached hydrogen (secondary N) is 1. The summed E-state index contributed by atoms with van der Waals surface area (Å²) in [5.41, 5.74) is 4.20. The Kier molecular flexibility index (Phi) is 4.39. The van der Waals surface area contributed by atoms with Crippen LogP contribution in [0, 0.1) is 0 Å². The molecular weight excluding hydrogens is 238 g/mol. The molecular formula is C15H15N3O. The molecule has 1 amide bonds. The van der Waals surface area contributed by atoms with E-state index in [4.69, 9.17) is 0 Å². The van der Waals surface area contributed by atoms with Crippen molar-refractivity contribution in [1.29, 1.82) is 0 Å². The zero-order chi connectivity index (χ0) is 13.5. The van der Waals surface area contributed by atoms with Crippen LogP contribution in [0.25, 0.3) is 0 Å². The molecule has 2 rings (SSSR count). The second-order valence-electron chi connectivity index (χ2n) is 4.15. The molecule has 2 aromatic rings. The molecule has 0 bridgehead atoms. The van der Waals surface area contributed by atoms with Crippen molar-refractivity contribution < 1.29 is 4.79 Å². The molecule has 0 spiro atoms. The first-order valence-corrected chi connectivity index (χ1v) is 6.06. The molecule has 96 valence electrons. The van der Waals surface area contributed by atoms with E-state index in [2.05, 4.69) is 15.5 Å². The highest BCUT2D eigenvalue weighted by Crippen LogP contribution is 2.11. The number of rotatable bonds is 4. The average molecular weight is 253 g/mol. The molecule has 0 saturated carbocycles. The Morgan fingerprint density at radius 1 is 1.21 bits per heavy atom. The molecule has 4 nitrogen and oxygen atoms in total. The lowest BCUT2D eigenvalue weighted by Crippen LogP contribution is -2.18. The number of hydrogen-bond acceptors (Lipinski definition) is 3. The average Bonchev–Trinajstić information content (AvgIpc) is 2.49. The summed E-state index contributed by atoms with van der Waals surface area (Å²) in [5.74, 6) is -0.0853. The summed E-state index contributed by atoms with van der Waals surface area (Å²) in [5, 5.41) is 3.98. The van der Waals surface area contributed by atoms with Crippen LogP contribution in [0.4, 0.5) is 0 Å². The van der Waals surface area contributed by atoms with Gasteiger partial charge in [-0.25, -0.2) is 5.43 Å². The van der Waals surface area contributed by atoms with Gasteiger partial charge in [0.15, 0.2) is 0 Å². The Balaban J connectivity index is 1.92. The number of amides is 1. The highest BCUT2D eigenvalue weighted by Gasteiger charge is 2.03. The van der Waals surface area contributed by atoms with Crippen molar-refractivity contribution in [1.82, 2.24) is 10.4 Å². The van der Waals surface area contributed by atoms with Crippen LogP contribution in [-0.4, -0.2) is 17.1 Å². The third-order valence-corrected chi connectivity index (χ3v) is 2.73. The van der Waals surface area contributed by atoms with Gasteiger partial charge in [-0.05, 0) is 17.7 Å². The van der Waals surface area contributed by atoms with Gasteiger partial charge in [-0.15, -0.1) is 0 Å². The van der Waals surface area contributed by atoms with E-state index >= 15 is 0 Å². The molecule has 0 aliphatic heterocycles. The molecule has 1 N–H and O–H groups in total. The fourth-order valence-corrected chi connectivity index (χ4v) is 1.62. The van der Waals surface area contributed by atoms with Gasteiger partial charge in [-0.1, -0.05) is 37.3 Å². The highest BCUT2D eigenvalue weighted by atomic mass is 16.2. The van der Waals surface area contributed by atoms with Gasteiger partial charge in [-0.3, -0.25) is 9.78 Å². The summed E-state index contributed by atoms with van der Waals surface area (Å²) in [4.78, 5) is 15.6. The molecule has 1 atom stereocenters. The second-order valence-corrected chi connectivity index (χ2v) is 4.15. The zero-order valence-corrected chi connectivity index (χ0v) is 10.7. The van der Waals surface area contributed by atoms with E-state index in [0.717, 1.165) is 5.56 Å². The lowest BCUT2D eigenvalue weighted by Gasteiger charge is -2.05. The van der Waals surface area contributed by atoms with E-state index in [0.29, 0.717) is 5.56 Å². The van der Waals surface area contributed by atoms with Crippen molar-refractivity contribution >= 4 is 12.1 Å². The van der Waals surface area contributed by atoms with E-state index in [1.165, 1.54) is 0 Å². The smallest absolute Gasteiger partial charge is 0.267 e. The van der Waals surface area contributed by atoms with Crippen molar-refractivity contribution in [2.24, 2.45) is 5.10 Å². The normalized spacial score (nSPS) is 12.3. The van der Waals surface area contributed by atoms with Crippen LogP contribution < -0.4 is 5.43 Å². The maximum absolute atomic E-state index is 11.7. The third-order valence-electron chi connectivity index (χ3n) is 2.73. The Morgan fingerprint density at radius 3 is 2.58 bits per heavy atom. The van der Waals surface area contributed by atoms with Crippen molar-refractivity contribution in [3.05, 3.63) is 66.0 Å². The Hall–Kier alpha value is -2.49. The molecule has 1 aromatic heterocycles. The molecule has 0 aliphatic carbocycles. The predicted molar refractivity (Wildman–Crippen MR) is 75.1 cm³/mol. The van der Waals surface area contributed by atoms with Crippen molar-refractivity contribution in [2.45, 2.75) is 12.8 Å². The van der Waals surface area contributed by atoms with Crippen LogP contribution >= 0.6 is 0 Å². The number of hydrazone groups is 1. The summed E-state index contributed by atoms with van der Waals surface area (Å²) in [6.45, 7) is 2.03. The van der Waals surface area contributed by atoms with Crippen LogP contribution in [0.5, 0.6) is 0 Å². The second kappa shape index (κ2) is 6.44. The minimum atomic E-state index is -0.237. The number of carbonyl (C=O) groups excluding carboxylic acids is 1. The molecule has 0 fully saturated rings. The minimum absolute atomic E-state index is 0.152. The summed E-state index contributed by atoms with van der Waals surface area (Å²) in [7, 11) is 0. The molecule has 0 saturated heterocycles. The van der Waals surface area contributed by atoms with Gasteiger partial charge in [0.2, 0.25) is 0 Å². The molecule has 1 heterocycles. The van der Waals surface area contributed by atoms with Gasteiger partial charge in [0.05, 0.1) is 0 Å². The summed E-state index contributed by atoms with van der Waals surface area (Å²) < 4.78 is 0. The van der Waals surface area contributed by atoms with Gasteiger partial charge in [0, 0.05) is 30.1 Å². The lowest BCUT2D eigenvalue weighted by molar-refractivity contribution is 0.0955. The number of carbonyl (C=O) groups is 1. The van der Waals surface area contributed by atoms with E-state index in [-0.39, 0.29) is 11.8 Å². The van der Waals surface area contributed by atoms with E-state index in [9.17, 15) is 4.79 Å². The molecule has 4 heteroatoms. The Labute approximate surface area is 112 Å². The van der Waals surface area contributed by atoms with Crippen molar-refractivity contribution in [3.63, 3.8) is 0 Å². The van der Waals surface area contributed by atoms with Gasteiger partial charge < -0.3 is 0 Å². The van der Waals surface area contributed by atoms with Crippen LogP contribution in [-0.2, 0) is 0 Å². The fourth-order valence-electron chi connectivity index (χ4n) is 1.62. The van der Waals surface area contributed by atoms with Gasteiger partial charge in [-0.2, -0.15) is 5.10 Å². The van der Waals surface area contributed by atoms with Crippen molar-refractivity contribution in [2.75, 3.05) is 0 Å². The monoisotopic (exact) mass is 253 g/mol. The first-order chi connectivity index (χ1) is 9.27. The summed E-state index contributed by atoms with van der Waals surface area (Å²) >= 11 is 0. The number of aromatic nitrogens is 1. The standard InChI is InChI=1S/C15H15N3O/c1-12(13-5-3-2-4-6-13)11-17-18-15(19)14-7-9-16-10-8-14/h2-12H,1H3,(H,18,19)/b17-11-/t12-/m1/s1. The molecule has 0 unspecified atom stereocenters. The molecule has 0 radical (unpaired) electrons. The van der Waals surface area contributed by atoms with Gasteiger partial charge >= 0.3 is 0 Å². The van der Waals surface area contributed by atoms with Crippen LogP contribution in [0.2, 0.25) is 0 Å². The van der Waals surface area contributed by atoms with Crippen molar-refractivity contribution in [3.8, 4) is 0 Å². The van der Waals surface area contributed by atoms with Gasteiger partial charge in [0.1, 0.15) is 0 Å². The Bertz CT molecular complexity index is 552. The van der Waals surface area contributed by atoms with E-state index in [1.54, 1.807) is 30.7 Å². The quantitative estimate of drug-likeness (QED) is 0.672. The SMILES string of the molecule is C[C@H](/C=N\NC(=O)c1ccncc1)c1ccccc1. The highest BCUT2D eigenvalue weighted by molar-refractivity contribution is 5.94. The Morgan fingerprint density at radius 2 is 1.89 bits per heavy atom. The largest absolute Gasteiger partial charge is 0.271 e.